The summed E-state index contributed by atoms with van der Waals surface area (Å²) < 4.78 is 16.3. The van der Waals surface area contributed by atoms with Crippen LogP contribution in [0.1, 0.15) is 55.2 Å². The van der Waals surface area contributed by atoms with Crippen LogP contribution in [0.5, 0.6) is 11.5 Å². The van der Waals surface area contributed by atoms with Gasteiger partial charge in [-0.05, 0) is 55.7 Å². The van der Waals surface area contributed by atoms with E-state index in [0.717, 1.165) is 11.1 Å². The van der Waals surface area contributed by atoms with Gasteiger partial charge in [0.25, 0.3) is 5.91 Å². The van der Waals surface area contributed by atoms with Gasteiger partial charge in [0.15, 0.2) is 11.4 Å². The van der Waals surface area contributed by atoms with Gasteiger partial charge in [0.05, 0.1) is 7.11 Å². The summed E-state index contributed by atoms with van der Waals surface area (Å²) in [6.07, 6.45) is 2.05. The van der Waals surface area contributed by atoms with E-state index < -0.39 is 23.9 Å². The van der Waals surface area contributed by atoms with E-state index in [4.69, 9.17) is 37.4 Å². The number of nitrogens with zero attached hydrogens (tertiary/aromatic N) is 1. The van der Waals surface area contributed by atoms with Crippen molar-refractivity contribution in [2.45, 2.75) is 39.7 Å². The summed E-state index contributed by atoms with van der Waals surface area (Å²) >= 11 is 12.1. The zero-order valence-electron chi connectivity index (χ0n) is 21.9. The standard InChI is InChI=1S/C29H28Cl2N2O6/c1-5-6-24(34)39-27-23(37-4)15-16-32-26(27)28(35)33-17(2)29(36)38-18(3)25(19-7-11-21(30)12-8-19)20-9-13-22(31)14-10-20/h7-17H,5-6H2,1-4H3,(H,33,35)/t17-/m0/s1. The van der Waals surface area contributed by atoms with Gasteiger partial charge in [0.2, 0.25) is 5.75 Å². The SMILES string of the molecule is CCCC(=O)Oc1c(OC)ccnc1C(=O)N[C@@H](C)C(=O)OC(C)=C(c1ccc(Cl)cc1)c1ccc(Cl)cc1. The van der Waals surface area contributed by atoms with E-state index in [1.165, 1.54) is 26.3 Å². The van der Waals surface area contributed by atoms with E-state index in [-0.39, 0.29) is 23.6 Å². The minimum atomic E-state index is -1.07. The largest absolute Gasteiger partial charge is 0.493 e. The van der Waals surface area contributed by atoms with Crippen molar-refractivity contribution in [3.8, 4) is 11.5 Å². The number of esters is 2. The lowest BCUT2D eigenvalue weighted by Crippen LogP contribution is -2.40. The Bertz CT molecular complexity index is 1320. The molecule has 0 bridgehead atoms. The Morgan fingerprint density at radius 2 is 1.51 bits per heavy atom. The van der Waals surface area contributed by atoms with Crippen molar-refractivity contribution in [1.82, 2.24) is 10.3 Å². The molecule has 39 heavy (non-hydrogen) atoms. The van der Waals surface area contributed by atoms with E-state index in [9.17, 15) is 14.4 Å². The third kappa shape index (κ3) is 7.81. The summed E-state index contributed by atoms with van der Waals surface area (Å²) in [7, 11) is 1.38. The molecule has 0 aliphatic heterocycles. The Kier molecular flexibility index (Phi) is 10.5. The van der Waals surface area contributed by atoms with Crippen LogP contribution < -0.4 is 14.8 Å². The molecule has 0 spiro atoms. The second kappa shape index (κ2) is 13.8. The molecule has 2 aromatic carbocycles. The van der Waals surface area contributed by atoms with Crippen molar-refractivity contribution >= 4 is 46.6 Å². The van der Waals surface area contributed by atoms with E-state index >= 15 is 0 Å². The van der Waals surface area contributed by atoms with Crippen molar-refractivity contribution in [2.24, 2.45) is 0 Å². The summed E-state index contributed by atoms with van der Waals surface area (Å²) in [5.74, 6) is -1.66. The highest BCUT2D eigenvalue weighted by molar-refractivity contribution is 6.31. The zero-order chi connectivity index (χ0) is 28.5. The van der Waals surface area contributed by atoms with Gasteiger partial charge in [-0.2, -0.15) is 0 Å². The number of rotatable bonds is 10. The third-order valence-electron chi connectivity index (χ3n) is 5.55. The molecule has 0 unspecified atom stereocenters. The van der Waals surface area contributed by atoms with Crippen LogP contribution in [0.2, 0.25) is 10.0 Å². The third-order valence-corrected chi connectivity index (χ3v) is 6.05. The second-order valence-corrected chi connectivity index (χ2v) is 9.35. The Hall–Kier alpha value is -3.88. The maximum atomic E-state index is 13.0. The highest BCUT2D eigenvalue weighted by atomic mass is 35.5. The normalized spacial score (nSPS) is 11.2. The quantitative estimate of drug-likeness (QED) is 0.227. The molecule has 1 aromatic heterocycles. The van der Waals surface area contributed by atoms with E-state index in [1.807, 2.05) is 31.2 Å². The predicted octanol–water partition coefficient (Wildman–Crippen LogP) is 6.24. The molecule has 0 aliphatic carbocycles. The van der Waals surface area contributed by atoms with Crippen molar-refractivity contribution in [2.75, 3.05) is 7.11 Å². The number of ether oxygens (including phenoxy) is 3. The number of aromatic nitrogens is 1. The molecule has 0 fully saturated rings. The van der Waals surface area contributed by atoms with Crippen molar-refractivity contribution in [3.05, 3.63) is 93.4 Å². The number of methoxy groups -OCH3 is 1. The van der Waals surface area contributed by atoms with E-state index in [2.05, 4.69) is 10.3 Å². The number of nitrogens with one attached hydrogen (secondary N) is 1. The van der Waals surface area contributed by atoms with Crippen molar-refractivity contribution in [1.29, 1.82) is 0 Å². The smallest absolute Gasteiger partial charge is 0.333 e. The molecule has 0 saturated heterocycles. The van der Waals surface area contributed by atoms with Gasteiger partial charge in [0.1, 0.15) is 11.8 Å². The first-order valence-electron chi connectivity index (χ1n) is 12.1. The Morgan fingerprint density at radius 1 is 0.949 bits per heavy atom. The number of pyridine rings is 1. The molecule has 10 heteroatoms. The molecule has 1 heterocycles. The van der Waals surface area contributed by atoms with Crippen LogP contribution in [0, 0.1) is 0 Å². The molecule has 8 nitrogen and oxygen atoms in total. The van der Waals surface area contributed by atoms with Crippen LogP contribution in [-0.4, -0.2) is 36.0 Å². The number of hydrogen-bond acceptors (Lipinski definition) is 7. The highest BCUT2D eigenvalue weighted by Gasteiger charge is 2.26. The molecule has 0 aliphatic rings. The fourth-order valence-corrected chi connectivity index (χ4v) is 3.89. The Balaban J connectivity index is 1.85. The molecule has 3 rings (SSSR count). The molecule has 1 amide bonds. The van der Waals surface area contributed by atoms with Crippen LogP contribution in [-0.2, 0) is 14.3 Å². The number of allylic oxidation sites excluding steroid dienone is 1. The first-order valence-corrected chi connectivity index (χ1v) is 12.9. The van der Waals surface area contributed by atoms with Gasteiger partial charge in [-0.25, -0.2) is 9.78 Å². The molecule has 1 N–H and O–H groups in total. The average molecular weight is 571 g/mol. The van der Waals surface area contributed by atoms with Crippen LogP contribution in [0.15, 0.2) is 66.6 Å². The second-order valence-electron chi connectivity index (χ2n) is 8.48. The molecule has 204 valence electrons. The van der Waals surface area contributed by atoms with Crippen LogP contribution in [0.3, 0.4) is 0 Å². The van der Waals surface area contributed by atoms with Crippen LogP contribution in [0.4, 0.5) is 0 Å². The lowest BCUT2D eigenvalue weighted by Gasteiger charge is -2.18. The van der Waals surface area contributed by atoms with E-state index in [1.54, 1.807) is 31.2 Å². The maximum absolute atomic E-state index is 13.0. The highest BCUT2D eigenvalue weighted by Crippen LogP contribution is 2.31. The van der Waals surface area contributed by atoms with Crippen LogP contribution in [0.25, 0.3) is 5.57 Å². The predicted molar refractivity (Wildman–Crippen MR) is 149 cm³/mol. The van der Waals surface area contributed by atoms with Gasteiger partial charge in [-0.3, -0.25) is 9.59 Å². The van der Waals surface area contributed by atoms with Gasteiger partial charge < -0.3 is 19.5 Å². The number of carbonyl (C=O) groups is 3. The molecule has 0 radical (unpaired) electrons. The topological polar surface area (TPSA) is 104 Å². The number of halogens is 2. The molecule has 3 aromatic rings. The van der Waals surface area contributed by atoms with Gasteiger partial charge in [0, 0.05) is 34.3 Å². The minimum absolute atomic E-state index is 0.125. The summed E-state index contributed by atoms with van der Waals surface area (Å²) in [5.41, 5.74) is 1.98. The Morgan fingerprint density at radius 3 is 2.03 bits per heavy atom. The summed E-state index contributed by atoms with van der Waals surface area (Å²) in [6, 6.07) is 14.6. The maximum Gasteiger partial charge on any atom is 0.333 e. The van der Waals surface area contributed by atoms with Crippen molar-refractivity contribution in [3.63, 3.8) is 0 Å². The van der Waals surface area contributed by atoms with E-state index in [0.29, 0.717) is 27.8 Å². The van der Waals surface area contributed by atoms with Gasteiger partial charge in [-0.15, -0.1) is 0 Å². The molecular weight excluding hydrogens is 543 g/mol. The number of amides is 1. The number of benzene rings is 2. The van der Waals surface area contributed by atoms with Gasteiger partial charge >= 0.3 is 11.9 Å². The first-order chi connectivity index (χ1) is 18.6. The fraction of sp³-hybridized carbons (Fsp3) is 0.241. The molecule has 1 atom stereocenters. The summed E-state index contributed by atoms with van der Waals surface area (Å²) in [6.45, 7) is 4.95. The number of hydrogen-bond donors (Lipinski definition) is 1. The Labute approximate surface area is 236 Å². The van der Waals surface area contributed by atoms with Crippen molar-refractivity contribution < 1.29 is 28.6 Å². The lowest BCUT2D eigenvalue weighted by atomic mass is 9.97. The monoisotopic (exact) mass is 570 g/mol. The summed E-state index contributed by atoms with van der Waals surface area (Å²) in [5, 5.41) is 3.67. The average Bonchev–Trinajstić information content (AvgIpc) is 2.91. The summed E-state index contributed by atoms with van der Waals surface area (Å²) in [4.78, 5) is 42.2. The molecular formula is C29H28Cl2N2O6. The fourth-order valence-electron chi connectivity index (χ4n) is 3.64. The number of carbonyl (C=O) groups excluding carboxylic acids is 3. The zero-order valence-corrected chi connectivity index (χ0v) is 23.4. The van der Waals surface area contributed by atoms with Crippen LogP contribution >= 0.6 is 23.2 Å². The minimum Gasteiger partial charge on any atom is -0.493 e. The lowest BCUT2D eigenvalue weighted by molar-refractivity contribution is -0.141. The first kappa shape index (κ1) is 29.7. The molecule has 0 saturated carbocycles. The van der Waals surface area contributed by atoms with Gasteiger partial charge in [-0.1, -0.05) is 54.4 Å².